The third-order valence-electron chi connectivity index (χ3n) is 4.17. The Bertz CT molecular complexity index is 654. The standard InChI is InChI=1S/C18H27F2N5O2/c1-4-21-18(22-11-16(26)24(2)3)23-13-9-10-25(12-13)14-7-5-6-8-15(14)27-17(19)20/h5-8,13,17H,4,9-12H2,1-3H3,(H2,21,22,23). The Morgan fingerprint density at radius 2 is 2.15 bits per heavy atom. The first kappa shape index (κ1) is 20.7. The number of alkyl halides is 2. The fraction of sp³-hybridized carbons (Fsp3) is 0.556. The molecule has 1 heterocycles. The number of halogens is 2. The van der Waals surface area contributed by atoms with Crippen molar-refractivity contribution in [2.45, 2.75) is 26.0 Å². The average molecular weight is 383 g/mol. The number of guanidine groups is 1. The summed E-state index contributed by atoms with van der Waals surface area (Å²) in [4.78, 5) is 19.5. The second-order valence-electron chi connectivity index (χ2n) is 6.41. The minimum atomic E-state index is -2.86. The summed E-state index contributed by atoms with van der Waals surface area (Å²) >= 11 is 0. The normalized spacial score (nSPS) is 17.2. The van der Waals surface area contributed by atoms with Gasteiger partial charge in [0.2, 0.25) is 5.91 Å². The number of ether oxygens (including phenoxy) is 1. The lowest BCUT2D eigenvalue weighted by atomic mass is 10.2. The van der Waals surface area contributed by atoms with Gasteiger partial charge in [-0.25, -0.2) is 4.99 Å². The van der Waals surface area contributed by atoms with Crippen molar-refractivity contribution in [3.63, 3.8) is 0 Å². The van der Waals surface area contributed by atoms with E-state index in [2.05, 4.69) is 20.4 Å². The summed E-state index contributed by atoms with van der Waals surface area (Å²) in [6.07, 6.45) is 0.815. The molecule has 0 spiro atoms. The van der Waals surface area contributed by atoms with E-state index < -0.39 is 6.61 Å². The summed E-state index contributed by atoms with van der Waals surface area (Å²) in [5.41, 5.74) is 0.645. The molecule has 2 N–H and O–H groups in total. The molecule has 1 aromatic rings. The molecule has 1 atom stereocenters. The number of rotatable bonds is 7. The molecule has 2 rings (SSSR count). The van der Waals surface area contributed by atoms with Gasteiger partial charge in [0.1, 0.15) is 12.3 Å². The third kappa shape index (κ3) is 6.26. The molecule has 1 aliphatic rings. The smallest absolute Gasteiger partial charge is 0.387 e. The van der Waals surface area contributed by atoms with Gasteiger partial charge in [0.25, 0.3) is 0 Å². The molecule has 0 aliphatic carbocycles. The predicted molar refractivity (Wildman–Crippen MR) is 102 cm³/mol. The van der Waals surface area contributed by atoms with Crippen molar-refractivity contribution in [1.82, 2.24) is 15.5 Å². The highest BCUT2D eigenvalue weighted by Gasteiger charge is 2.26. The zero-order chi connectivity index (χ0) is 19.8. The molecule has 1 aromatic carbocycles. The zero-order valence-electron chi connectivity index (χ0n) is 15.9. The highest BCUT2D eigenvalue weighted by molar-refractivity contribution is 5.85. The van der Waals surface area contributed by atoms with Gasteiger partial charge < -0.3 is 25.2 Å². The second kappa shape index (κ2) is 9.94. The largest absolute Gasteiger partial charge is 0.433 e. The lowest BCUT2D eigenvalue weighted by Crippen LogP contribution is -2.45. The SMILES string of the molecule is CCNC(=NCC(=O)N(C)C)NC1CCN(c2ccccc2OC(F)F)C1. The van der Waals surface area contributed by atoms with Crippen LogP contribution in [0.15, 0.2) is 29.3 Å². The number of hydrogen-bond donors (Lipinski definition) is 2. The lowest BCUT2D eigenvalue weighted by molar-refractivity contribution is -0.127. The number of para-hydroxylation sites is 2. The Kier molecular flexibility index (Phi) is 7.63. The summed E-state index contributed by atoms with van der Waals surface area (Å²) in [5.74, 6) is 0.653. The van der Waals surface area contributed by atoms with E-state index in [1.165, 1.54) is 4.90 Å². The van der Waals surface area contributed by atoms with Gasteiger partial charge in [-0.05, 0) is 25.5 Å². The molecular weight excluding hydrogens is 356 g/mol. The molecule has 9 heteroatoms. The summed E-state index contributed by atoms with van der Waals surface area (Å²) in [6, 6.07) is 6.87. The topological polar surface area (TPSA) is 69.2 Å². The Hall–Kier alpha value is -2.58. The Labute approximate surface area is 158 Å². The van der Waals surface area contributed by atoms with Crippen LogP contribution in [0, 0.1) is 0 Å². The highest BCUT2D eigenvalue weighted by Crippen LogP contribution is 2.31. The quantitative estimate of drug-likeness (QED) is 0.552. The van der Waals surface area contributed by atoms with Crippen LogP contribution in [0.3, 0.4) is 0 Å². The molecule has 1 aliphatic heterocycles. The summed E-state index contributed by atoms with van der Waals surface area (Å²) < 4.78 is 29.9. The Balaban J connectivity index is 2.00. The van der Waals surface area contributed by atoms with Gasteiger partial charge in [0.05, 0.1) is 5.69 Å². The minimum absolute atomic E-state index is 0.0594. The van der Waals surface area contributed by atoms with E-state index in [-0.39, 0.29) is 24.2 Å². The van der Waals surface area contributed by atoms with Crippen molar-refractivity contribution in [3.05, 3.63) is 24.3 Å². The molecule has 1 saturated heterocycles. The first-order chi connectivity index (χ1) is 12.9. The maximum absolute atomic E-state index is 12.6. The molecule has 1 unspecified atom stereocenters. The van der Waals surface area contributed by atoms with Gasteiger partial charge in [-0.3, -0.25) is 4.79 Å². The van der Waals surface area contributed by atoms with Crippen LogP contribution in [0.5, 0.6) is 5.75 Å². The number of nitrogens with zero attached hydrogens (tertiary/aromatic N) is 3. The van der Waals surface area contributed by atoms with Gasteiger partial charge in [-0.1, -0.05) is 12.1 Å². The van der Waals surface area contributed by atoms with Gasteiger partial charge >= 0.3 is 6.61 Å². The summed E-state index contributed by atoms with van der Waals surface area (Å²) in [6.45, 7) is 1.15. The van der Waals surface area contributed by atoms with Gasteiger partial charge in [-0.15, -0.1) is 0 Å². The fourth-order valence-corrected chi connectivity index (χ4v) is 2.81. The van der Waals surface area contributed by atoms with Gasteiger partial charge in [0, 0.05) is 39.8 Å². The maximum atomic E-state index is 12.6. The van der Waals surface area contributed by atoms with Crippen molar-refractivity contribution in [2.75, 3.05) is 45.2 Å². The summed E-state index contributed by atoms with van der Waals surface area (Å²) in [5, 5.41) is 6.43. The number of aliphatic imine (C=N–C) groups is 1. The van der Waals surface area contributed by atoms with Crippen LogP contribution >= 0.6 is 0 Å². The number of amides is 1. The number of carbonyl (C=O) groups excluding carboxylic acids is 1. The van der Waals surface area contributed by atoms with Crippen LogP contribution in [0.1, 0.15) is 13.3 Å². The number of nitrogens with one attached hydrogen (secondary N) is 2. The van der Waals surface area contributed by atoms with Crippen LogP contribution in [-0.2, 0) is 4.79 Å². The number of anilines is 1. The van der Waals surface area contributed by atoms with Crippen molar-refractivity contribution in [1.29, 1.82) is 0 Å². The van der Waals surface area contributed by atoms with Crippen molar-refractivity contribution in [3.8, 4) is 5.75 Å². The Morgan fingerprint density at radius 3 is 2.81 bits per heavy atom. The van der Waals surface area contributed by atoms with Crippen LogP contribution in [0.4, 0.5) is 14.5 Å². The third-order valence-corrected chi connectivity index (χ3v) is 4.17. The maximum Gasteiger partial charge on any atom is 0.387 e. The van der Waals surface area contributed by atoms with Gasteiger partial charge in [-0.2, -0.15) is 8.78 Å². The van der Waals surface area contributed by atoms with Crippen LogP contribution in [0.25, 0.3) is 0 Å². The van der Waals surface area contributed by atoms with Crippen molar-refractivity contribution >= 4 is 17.6 Å². The average Bonchev–Trinajstić information content (AvgIpc) is 3.07. The Morgan fingerprint density at radius 1 is 1.41 bits per heavy atom. The molecule has 1 fully saturated rings. The van der Waals surface area contributed by atoms with E-state index in [0.717, 1.165) is 6.42 Å². The highest BCUT2D eigenvalue weighted by atomic mass is 19.3. The second-order valence-corrected chi connectivity index (χ2v) is 6.41. The minimum Gasteiger partial charge on any atom is -0.433 e. The van der Waals surface area contributed by atoms with E-state index in [0.29, 0.717) is 31.3 Å². The molecule has 0 bridgehead atoms. The lowest BCUT2D eigenvalue weighted by Gasteiger charge is -2.22. The first-order valence-electron chi connectivity index (χ1n) is 8.94. The van der Waals surface area contributed by atoms with E-state index in [1.807, 2.05) is 11.8 Å². The molecule has 27 heavy (non-hydrogen) atoms. The van der Waals surface area contributed by atoms with E-state index in [1.54, 1.807) is 38.4 Å². The molecule has 0 aromatic heterocycles. The van der Waals surface area contributed by atoms with E-state index in [4.69, 9.17) is 0 Å². The van der Waals surface area contributed by atoms with Gasteiger partial charge in [0.15, 0.2) is 5.96 Å². The summed E-state index contributed by atoms with van der Waals surface area (Å²) in [7, 11) is 3.37. The number of carbonyl (C=O) groups is 1. The fourth-order valence-electron chi connectivity index (χ4n) is 2.81. The molecule has 1 amide bonds. The van der Waals surface area contributed by atoms with Crippen molar-refractivity contribution in [2.24, 2.45) is 4.99 Å². The molecule has 7 nitrogen and oxygen atoms in total. The van der Waals surface area contributed by atoms with Crippen LogP contribution in [-0.4, -0.2) is 69.7 Å². The predicted octanol–water partition coefficient (Wildman–Crippen LogP) is 1.51. The molecule has 0 saturated carbocycles. The molecular formula is C18H27F2N5O2. The van der Waals surface area contributed by atoms with Crippen LogP contribution < -0.4 is 20.3 Å². The van der Waals surface area contributed by atoms with E-state index in [9.17, 15) is 13.6 Å². The monoisotopic (exact) mass is 383 g/mol. The van der Waals surface area contributed by atoms with Crippen LogP contribution in [0.2, 0.25) is 0 Å². The zero-order valence-corrected chi connectivity index (χ0v) is 15.9. The number of benzene rings is 1. The molecule has 0 radical (unpaired) electrons. The molecule has 150 valence electrons. The van der Waals surface area contributed by atoms with E-state index >= 15 is 0 Å². The van der Waals surface area contributed by atoms with Crippen molar-refractivity contribution < 1.29 is 18.3 Å². The first-order valence-corrected chi connectivity index (χ1v) is 8.94. The number of hydrogen-bond acceptors (Lipinski definition) is 4. The number of likely N-dealkylation sites (N-methyl/N-ethyl adjacent to an activating group) is 1.